The van der Waals surface area contributed by atoms with Gasteiger partial charge in [0.05, 0.1) is 44.7 Å². The molecule has 5 aromatic heterocycles. The summed E-state index contributed by atoms with van der Waals surface area (Å²) in [4.78, 5) is 30.5. The third kappa shape index (κ3) is 18.1. The third-order valence-corrected chi connectivity index (χ3v) is 11.0. The van der Waals surface area contributed by atoms with Gasteiger partial charge in [0, 0.05) is 61.3 Å². The first-order valence-corrected chi connectivity index (χ1v) is 20.2. The first-order chi connectivity index (χ1) is 25.5. The zero-order valence-electron chi connectivity index (χ0n) is 30.8. The van der Waals surface area contributed by atoms with E-state index in [1.807, 2.05) is 62.4 Å². The van der Waals surface area contributed by atoms with Crippen molar-refractivity contribution in [2.24, 2.45) is 5.11 Å². The monoisotopic (exact) mass is 922 g/mol. The van der Waals surface area contributed by atoms with Crippen LogP contribution >= 0.6 is 85.4 Å². The van der Waals surface area contributed by atoms with Gasteiger partial charge in [-0.2, -0.15) is 27.1 Å². The van der Waals surface area contributed by atoms with Crippen molar-refractivity contribution in [2.45, 2.75) is 25.2 Å². The second kappa shape index (κ2) is 27.2. The molecule has 0 aliphatic rings. The van der Waals surface area contributed by atoms with Crippen molar-refractivity contribution >= 4 is 128 Å². The number of anilines is 5. The van der Waals surface area contributed by atoms with Crippen LogP contribution in [0.25, 0.3) is 10.4 Å². The van der Waals surface area contributed by atoms with Crippen molar-refractivity contribution in [2.75, 3.05) is 81.7 Å². The minimum atomic E-state index is -0.479. The van der Waals surface area contributed by atoms with Gasteiger partial charge in [-0.15, -0.1) is 0 Å². The predicted molar refractivity (Wildman–Crippen MR) is 230 cm³/mol. The molecule has 0 saturated carbocycles. The SMILES string of the molecule is CCC.CN(C)c1sncc1N.CN(C)c1sncc1N=[N+]=[N-].CN(C)c1sncc1SC#N.CN(C)c1sncc1[N+](=O)[O-].O=[N+]([O-])c1cnsc1Br. The molecule has 27 heteroatoms. The number of hydrogen-bond donors (Lipinski definition) is 1. The van der Waals surface area contributed by atoms with Crippen molar-refractivity contribution in [3.8, 4) is 5.40 Å². The Kier molecular flexibility index (Phi) is 25.0. The summed E-state index contributed by atoms with van der Waals surface area (Å²) in [5.74, 6) is 0. The molecule has 0 unspecified atom stereocenters. The number of azide groups is 1. The molecule has 0 spiro atoms. The Bertz CT molecular complexity index is 1870. The van der Waals surface area contributed by atoms with Gasteiger partial charge in [0.1, 0.15) is 32.8 Å². The van der Waals surface area contributed by atoms with E-state index in [2.05, 4.69) is 61.7 Å². The van der Waals surface area contributed by atoms with Gasteiger partial charge in [0.25, 0.3) is 0 Å². The maximum Gasteiger partial charge on any atom is 0.323 e. The predicted octanol–water partition coefficient (Wildman–Crippen LogP) is 9.07. The maximum atomic E-state index is 10.3. The highest BCUT2D eigenvalue weighted by Crippen LogP contribution is 2.32. The minimum absolute atomic E-state index is 0.0278. The number of aromatic nitrogens is 5. The zero-order valence-corrected chi connectivity index (χ0v) is 37.3. The molecule has 0 amide bonds. The number of nitro groups is 2. The Morgan fingerprint density at radius 1 is 0.778 bits per heavy atom. The number of hydrogen-bond acceptors (Lipinski definition) is 22. The molecule has 2 N–H and O–H groups in total. The largest absolute Gasteiger partial charge is 0.395 e. The summed E-state index contributed by atoms with van der Waals surface area (Å²) in [6.07, 6.45) is 8.67. The van der Waals surface area contributed by atoms with Crippen LogP contribution in [0.2, 0.25) is 0 Å². The van der Waals surface area contributed by atoms with E-state index < -0.39 is 9.85 Å². The van der Waals surface area contributed by atoms with E-state index in [4.69, 9.17) is 16.5 Å². The van der Waals surface area contributed by atoms with E-state index in [0.29, 0.717) is 14.5 Å². The number of thiocyanates is 1. The van der Waals surface area contributed by atoms with Crippen molar-refractivity contribution < 1.29 is 9.85 Å². The molecular weight excluding hydrogens is 885 g/mol. The second-order valence-electron chi connectivity index (χ2n) is 10.3. The molecule has 0 atom stereocenters. The summed E-state index contributed by atoms with van der Waals surface area (Å²) < 4.78 is 19.6. The minimum Gasteiger partial charge on any atom is -0.395 e. The van der Waals surface area contributed by atoms with Crippen molar-refractivity contribution in [1.82, 2.24) is 21.9 Å². The van der Waals surface area contributed by atoms with E-state index in [1.54, 1.807) is 37.6 Å². The Morgan fingerprint density at radius 2 is 1.20 bits per heavy atom. The molecule has 0 aromatic carbocycles. The molecule has 5 aromatic rings. The number of nitrogens with zero attached hydrogens (tertiary/aromatic N) is 15. The van der Waals surface area contributed by atoms with Crippen LogP contribution in [0.5, 0.6) is 0 Å². The summed E-state index contributed by atoms with van der Waals surface area (Å²) in [5.41, 5.74) is 15.1. The van der Waals surface area contributed by atoms with Crippen molar-refractivity contribution in [3.05, 3.63) is 65.4 Å². The standard InChI is InChI=1S/C6H7N3S2.C5H7N5S.C5H7N3O2S.C5H9N3S.C3HBrN2O2S.C3H8/c1-9(2)6-5(10-4-7)3-8-11-6;1-10(2)5-4(8-9-6)3-7-11-5;1-7(2)5-4(8(9)10)3-6-11-5;1-8(2)5-4(6)3-7-9-5;4-3-2(6(7)8)1-5-9-3;1-3-2/h3*3H,1-2H3;3H,6H2,1-2H3;1H;3H2,1-2H3. The summed E-state index contributed by atoms with van der Waals surface area (Å²) in [6.45, 7) is 4.25. The molecule has 0 bridgehead atoms. The molecule has 54 heavy (non-hydrogen) atoms. The van der Waals surface area contributed by atoms with Gasteiger partial charge in [-0.3, -0.25) is 20.2 Å². The van der Waals surface area contributed by atoms with Gasteiger partial charge >= 0.3 is 11.4 Å². The lowest BCUT2D eigenvalue weighted by Crippen LogP contribution is -2.08. The van der Waals surface area contributed by atoms with Gasteiger partial charge < -0.3 is 25.3 Å². The van der Waals surface area contributed by atoms with E-state index in [0.717, 1.165) is 60.4 Å². The van der Waals surface area contributed by atoms with Crippen molar-refractivity contribution in [3.63, 3.8) is 0 Å². The Balaban J connectivity index is 0.000000640. The number of nitrogen functional groups attached to an aromatic ring is 1. The van der Waals surface area contributed by atoms with E-state index in [1.165, 1.54) is 53.4 Å². The van der Waals surface area contributed by atoms with E-state index >= 15 is 0 Å². The van der Waals surface area contributed by atoms with Crippen LogP contribution in [0, 0.1) is 30.9 Å². The zero-order chi connectivity index (χ0) is 41.4. The summed E-state index contributed by atoms with van der Waals surface area (Å²) in [7, 11) is 15.0. The lowest BCUT2D eigenvalue weighted by Gasteiger charge is -2.08. The topological polar surface area (TPSA) is 262 Å². The number of thioether (sulfide) groups is 1. The molecule has 0 radical (unpaired) electrons. The van der Waals surface area contributed by atoms with Gasteiger partial charge in [-0.05, 0) is 90.9 Å². The fourth-order valence-corrected chi connectivity index (χ4v) is 7.02. The number of nitrogens with two attached hydrogens (primary N) is 1. The van der Waals surface area contributed by atoms with Crippen LogP contribution in [0.15, 0.2) is 44.8 Å². The molecule has 0 aliphatic heterocycles. The number of rotatable bonds is 8. The highest BCUT2D eigenvalue weighted by molar-refractivity contribution is 9.11. The van der Waals surface area contributed by atoms with Crippen LogP contribution < -0.4 is 25.3 Å². The van der Waals surface area contributed by atoms with E-state index in [9.17, 15) is 20.2 Å². The van der Waals surface area contributed by atoms with Crippen LogP contribution in [0.3, 0.4) is 0 Å². The quantitative estimate of drug-likeness (QED) is 0.0289. The average Bonchev–Trinajstić information content (AvgIpc) is 3.94. The summed E-state index contributed by atoms with van der Waals surface area (Å²) in [5, 5.41) is 37.8. The molecule has 0 saturated heterocycles. The molecule has 20 nitrogen and oxygen atoms in total. The van der Waals surface area contributed by atoms with Crippen molar-refractivity contribution in [1.29, 1.82) is 5.26 Å². The highest BCUT2D eigenvalue weighted by atomic mass is 79.9. The number of nitriles is 1. The summed E-state index contributed by atoms with van der Waals surface area (Å²) >= 11 is 10.4. The molecule has 0 aliphatic carbocycles. The average molecular weight is 924 g/mol. The van der Waals surface area contributed by atoms with Gasteiger partial charge in [-0.25, -0.2) is 0 Å². The van der Waals surface area contributed by atoms with Gasteiger partial charge in [0.2, 0.25) is 0 Å². The normalized spacial score (nSPS) is 9.15. The third-order valence-electron chi connectivity index (χ3n) is 5.00. The highest BCUT2D eigenvalue weighted by Gasteiger charge is 2.17. The fraction of sp³-hybridized carbons (Fsp3) is 0.407. The molecule has 5 heterocycles. The van der Waals surface area contributed by atoms with Crippen LogP contribution in [-0.4, -0.2) is 88.1 Å². The second-order valence-corrected chi connectivity index (χ2v) is 16.3. The van der Waals surface area contributed by atoms with Gasteiger partial charge in [-0.1, -0.05) is 25.4 Å². The summed E-state index contributed by atoms with van der Waals surface area (Å²) in [6, 6.07) is 0. The molecular formula is C27H39BrN16O4S6. The lowest BCUT2D eigenvalue weighted by atomic mass is 10.5. The molecule has 0 fully saturated rings. The van der Waals surface area contributed by atoms with Crippen LogP contribution in [-0.2, 0) is 0 Å². The Morgan fingerprint density at radius 3 is 1.57 bits per heavy atom. The fourth-order valence-electron chi connectivity index (χ4n) is 2.89. The first kappa shape index (κ1) is 49.6. The molecule has 5 rings (SSSR count). The van der Waals surface area contributed by atoms with Crippen LogP contribution in [0.4, 0.5) is 42.8 Å². The lowest BCUT2D eigenvalue weighted by molar-refractivity contribution is -0.385. The first-order valence-electron chi connectivity index (χ1n) is 14.7. The smallest absolute Gasteiger partial charge is 0.323 e. The van der Waals surface area contributed by atoms with Gasteiger partial charge in [0.15, 0.2) is 8.79 Å². The Hall–Kier alpha value is -4.42. The molecule has 294 valence electrons. The van der Waals surface area contributed by atoms with Crippen LogP contribution in [0.1, 0.15) is 20.3 Å². The number of halogens is 1. The maximum absolute atomic E-state index is 10.3. The van der Waals surface area contributed by atoms with E-state index in [-0.39, 0.29) is 11.4 Å². The Labute approximate surface area is 345 Å².